The fraction of sp³-hybridized carbons (Fsp3) is 0.667. The van der Waals surface area contributed by atoms with Crippen molar-refractivity contribution in [3.05, 3.63) is 24.3 Å². The zero-order valence-corrected chi connectivity index (χ0v) is 19.0. The Balaban J connectivity index is 0. The molecule has 0 aromatic carbocycles. The summed E-state index contributed by atoms with van der Waals surface area (Å²) in [6, 6.07) is 0. The van der Waals surface area contributed by atoms with Crippen molar-refractivity contribution in [3.63, 3.8) is 0 Å². The molecule has 0 aliphatic rings. The highest BCUT2D eigenvalue weighted by Gasteiger charge is 1.97. The van der Waals surface area contributed by atoms with Crippen LogP contribution in [0.25, 0.3) is 0 Å². The second-order valence-corrected chi connectivity index (χ2v) is 7.59. The van der Waals surface area contributed by atoms with E-state index in [1.807, 2.05) is 0 Å². The van der Waals surface area contributed by atoms with Crippen molar-refractivity contribution in [3.8, 4) is 0 Å². The zero-order chi connectivity index (χ0) is 24.5. The summed E-state index contributed by atoms with van der Waals surface area (Å²) in [5.41, 5.74) is 0. The molecule has 0 aromatic rings. The van der Waals surface area contributed by atoms with Gasteiger partial charge in [-0.15, -0.1) is 0 Å². The molecule has 0 amide bonds. The van der Waals surface area contributed by atoms with Crippen LogP contribution in [0.5, 0.6) is 0 Å². The molecule has 8 heteroatoms. The van der Waals surface area contributed by atoms with Crippen molar-refractivity contribution in [2.75, 3.05) is 0 Å². The monoisotopic (exact) mass is 456 g/mol. The molecule has 32 heavy (non-hydrogen) atoms. The number of carboxylic acid groups (broad SMARTS) is 4. The van der Waals surface area contributed by atoms with Gasteiger partial charge in [-0.25, -0.2) is 9.59 Å². The summed E-state index contributed by atoms with van der Waals surface area (Å²) >= 11 is 0. The Morgan fingerprint density at radius 1 is 0.438 bits per heavy atom. The topological polar surface area (TPSA) is 149 Å². The summed E-state index contributed by atoms with van der Waals surface area (Å²) in [5, 5.41) is 33.5. The van der Waals surface area contributed by atoms with Gasteiger partial charge in [-0.05, 0) is 38.5 Å². The molecular formula is C24H40O8. The lowest BCUT2D eigenvalue weighted by atomic mass is 10.1. The fourth-order valence-corrected chi connectivity index (χ4v) is 2.86. The number of hydrogen-bond donors (Lipinski definition) is 4. The second kappa shape index (κ2) is 24.6. The van der Waals surface area contributed by atoms with Crippen LogP contribution in [-0.2, 0) is 19.2 Å². The van der Waals surface area contributed by atoms with Crippen molar-refractivity contribution in [1.82, 2.24) is 0 Å². The maximum atomic E-state index is 10.2. The van der Waals surface area contributed by atoms with E-state index < -0.39 is 23.9 Å². The first-order chi connectivity index (χ1) is 15.3. The van der Waals surface area contributed by atoms with E-state index in [2.05, 4.69) is 0 Å². The molecule has 4 N–H and O–H groups in total. The molecular weight excluding hydrogens is 416 g/mol. The van der Waals surface area contributed by atoms with Gasteiger partial charge in [0, 0.05) is 25.0 Å². The molecule has 0 radical (unpaired) electrons. The maximum Gasteiger partial charge on any atom is 0.327 e. The molecule has 0 saturated carbocycles. The maximum absolute atomic E-state index is 10.2. The number of hydrogen-bond acceptors (Lipinski definition) is 4. The van der Waals surface area contributed by atoms with Crippen molar-refractivity contribution in [2.45, 2.75) is 103 Å². The van der Waals surface area contributed by atoms with Crippen LogP contribution in [0, 0.1) is 0 Å². The highest BCUT2D eigenvalue weighted by Crippen LogP contribution is 2.09. The third-order valence-corrected chi connectivity index (χ3v) is 4.54. The SMILES string of the molecule is O=C(O)C=CCCCCCCCCC(=O)O.O=C(O)C=CCCCCCCCCC(=O)O. The average molecular weight is 457 g/mol. The minimum Gasteiger partial charge on any atom is -0.481 e. The van der Waals surface area contributed by atoms with E-state index in [9.17, 15) is 19.2 Å². The summed E-state index contributed by atoms with van der Waals surface area (Å²) in [6.45, 7) is 0. The lowest BCUT2D eigenvalue weighted by Crippen LogP contribution is -1.93. The predicted octanol–water partition coefficient (Wildman–Crippen LogP) is 5.67. The van der Waals surface area contributed by atoms with E-state index in [1.54, 1.807) is 12.2 Å². The Morgan fingerprint density at radius 3 is 1.00 bits per heavy atom. The van der Waals surface area contributed by atoms with Crippen molar-refractivity contribution < 1.29 is 39.6 Å². The molecule has 0 bridgehead atoms. The fourth-order valence-electron chi connectivity index (χ4n) is 2.86. The van der Waals surface area contributed by atoms with Gasteiger partial charge in [0.2, 0.25) is 0 Å². The number of unbranched alkanes of at least 4 members (excludes halogenated alkanes) is 12. The Kier molecular flexibility index (Phi) is 24.3. The van der Waals surface area contributed by atoms with E-state index in [1.165, 1.54) is 12.2 Å². The standard InChI is InChI=1S/2C12H20O4/c2*13-11(14)9-7-5-3-1-2-4-6-8-10-12(15)16/h2*7,9H,1-6,8,10H2,(H,13,14)(H,15,16). The molecule has 8 nitrogen and oxygen atoms in total. The number of carboxylic acids is 4. The Hall–Kier alpha value is -2.64. The molecule has 0 aliphatic heterocycles. The minimum atomic E-state index is -0.895. The number of carbonyl (C=O) groups is 4. The average Bonchev–Trinajstić information content (AvgIpc) is 2.70. The van der Waals surface area contributed by atoms with Gasteiger partial charge in [0.05, 0.1) is 0 Å². The quantitative estimate of drug-likeness (QED) is 0.135. The third-order valence-electron chi connectivity index (χ3n) is 4.54. The summed E-state index contributed by atoms with van der Waals surface area (Å²) in [5.74, 6) is -3.24. The van der Waals surface area contributed by atoms with Gasteiger partial charge in [0.15, 0.2) is 0 Å². The minimum absolute atomic E-state index is 0.265. The van der Waals surface area contributed by atoms with Gasteiger partial charge in [0.1, 0.15) is 0 Å². The van der Waals surface area contributed by atoms with E-state index in [-0.39, 0.29) is 12.8 Å². The molecule has 0 spiro atoms. The summed E-state index contributed by atoms with van der Waals surface area (Å²) in [6.07, 6.45) is 19.8. The normalized spacial score (nSPS) is 10.8. The Morgan fingerprint density at radius 2 is 0.719 bits per heavy atom. The van der Waals surface area contributed by atoms with Gasteiger partial charge in [-0.1, -0.05) is 63.5 Å². The molecule has 0 fully saturated rings. The van der Waals surface area contributed by atoms with Gasteiger partial charge in [-0.2, -0.15) is 0 Å². The van der Waals surface area contributed by atoms with Gasteiger partial charge in [-0.3, -0.25) is 9.59 Å². The lowest BCUT2D eigenvalue weighted by Gasteiger charge is -1.98. The first-order valence-electron chi connectivity index (χ1n) is 11.5. The number of allylic oxidation sites excluding steroid dienone is 2. The van der Waals surface area contributed by atoms with E-state index >= 15 is 0 Å². The molecule has 0 aromatic heterocycles. The van der Waals surface area contributed by atoms with Gasteiger partial charge < -0.3 is 20.4 Å². The summed E-state index contributed by atoms with van der Waals surface area (Å²) in [7, 11) is 0. The number of rotatable bonds is 20. The van der Waals surface area contributed by atoms with Crippen molar-refractivity contribution in [2.24, 2.45) is 0 Å². The first kappa shape index (κ1) is 31.5. The predicted molar refractivity (Wildman–Crippen MR) is 123 cm³/mol. The molecule has 0 atom stereocenters. The van der Waals surface area contributed by atoms with Crippen LogP contribution in [0.4, 0.5) is 0 Å². The smallest absolute Gasteiger partial charge is 0.327 e. The van der Waals surface area contributed by atoms with Crippen LogP contribution in [-0.4, -0.2) is 44.3 Å². The van der Waals surface area contributed by atoms with E-state index in [0.717, 1.165) is 89.9 Å². The van der Waals surface area contributed by atoms with Crippen LogP contribution in [0.3, 0.4) is 0 Å². The molecule has 0 saturated heterocycles. The van der Waals surface area contributed by atoms with Crippen LogP contribution in [0.1, 0.15) is 103 Å². The van der Waals surface area contributed by atoms with Crippen LogP contribution in [0.2, 0.25) is 0 Å². The van der Waals surface area contributed by atoms with Crippen LogP contribution >= 0.6 is 0 Å². The molecule has 0 rings (SSSR count). The molecule has 0 aliphatic carbocycles. The van der Waals surface area contributed by atoms with Crippen LogP contribution in [0.15, 0.2) is 24.3 Å². The number of aliphatic carboxylic acids is 4. The summed E-state index contributed by atoms with van der Waals surface area (Å²) in [4.78, 5) is 40.7. The largest absolute Gasteiger partial charge is 0.481 e. The highest BCUT2D eigenvalue weighted by molar-refractivity contribution is 5.79. The third kappa shape index (κ3) is 34.8. The second-order valence-electron chi connectivity index (χ2n) is 7.59. The molecule has 0 unspecified atom stereocenters. The molecule has 184 valence electrons. The van der Waals surface area contributed by atoms with Gasteiger partial charge in [0.25, 0.3) is 0 Å². The summed E-state index contributed by atoms with van der Waals surface area (Å²) < 4.78 is 0. The Labute approximate surface area is 191 Å². The zero-order valence-electron chi connectivity index (χ0n) is 19.0. The Bertz CT molecular complexity index is 516. The molecule has 0 heterocycles. The van der Waals surface area contributed by atoms with E-state index in [4.69, 9.17) is 20.4 Å². The van der Waals surface area contributed by atoms with Crippen LogP contribution < -0.4 is 0 Å². The van der Waals surface area contributed by atoms with Crippen molar-refractivity contribution in [1.29, 1.82) is 0 Å². The first-order valence-corrected chi connectivity index (χ1v) is 11.5. The van der Waals surface area contributed by atoms with E-state index in [0.29, 0.717) is 0 Å². The van der Waals surface area contributed by atoms with Crippen molar-refractivity contribution >= 4 is 23.9 Å². The van der Waals surface area contributed by atoms with Gasteiger partial charge >= 0.3 is 23.9 Å². The lowest BCUT2D eigenvalue weighted by molar-refractivity contribution is -0.138. The highest BCUT2D eigenvalue weighted by atomic mass is 16.4.